The van der Waals surface area contributed by atoms with Crippen molar-refractivity contribution in [3.8, 4) is 11.6 Å². The summed E-state index contributed by atoms with van der Waals surface area (Å²) in [7, 11) is 0. The van der Waals surface area contributed by atoms with Gasteiger partial charge in [0, 0.05) is 19.3 Å². The monoisotopic (exact) mass is 307 g/mol. The number of amides is 3. The molecule has 21 heavy (non-hydrogen) atoms. The number of thioether (sulfide) groups is 1. The van der Waals surface area contributed by atoms with Gasteiger partial charge in [0.05, 0.1) is 5.25 Å². The molecule has 1 fully saturated rings. The number of imide groups is 1. The number of rotatable bonds is 4. The Morgan fingerprint density at radius 2 is 2.38 bits per heavy atom. The summed E-state index contributed by atoms with van der Waals surface area (Å²) in [5.41, 5.74) is 0.715. The van der Waals surface area contributed by atoms with Crippen molar-refractivity contribution in [2.75, 3.05) is 13.1 Å². The minimum Gasteiger partial charge on any atom is -0.410 e. The lowest BCUT2D eigenvalue weighted by Gasteiger charge is -2.15. The van der Waals surface area contributed by atoms with E-state index in [1.807, 2.05) is 12.1 Å². The number of aromatic amines is 1. The van der Waals surface area contributed by atoms with Crippen LogP contribution in [0, 0.1) is 0 Å². The van der Waals surface area contributed by atoms with Crippen molar-refractivity contribution in [1.29, 1.82) is 0 Å². The first-order chi connectivity index (χ1) is 10.1. The molecule has 8 nitrogen and oxygen atoms in total. The largest absolute Gasteiger partial charge is 0.410 e. The lowest BCUT2D eigenvalue weighted by molar-refractivity contribution is -0.126. The minimum absolute atomic E-state index is 0.269. The Hall–Kier alpha value is -2.29. The van der Waals surface area contributed by atoms with Gasteiger partial charge in [0.25, 0.3) is 11.1 Å². The fourth-order valence-electron chi connectivity index (χ4n) is 1.93. The first-order valence-corrected chi connectivity index (χ1v) is 7.26. The third kappa shape index (κ3) is 2.77. The number of H-pyrrole nitrogens is 1. The summed E-state index contributed by atoms with van der Waals surface area (Å²) in [6.45, 7) is 2.58. The second-order valence-electron chi connectivity index (χ2n) is 4.44. The topological polar surface area (TPSA) is 104 Å². The van der Waals surface area contributed by atoms with Crippen LogP contribution in [0.2, 0.25) is 0 Å². The fraction of sp³-hybridized carbons (Fsp3) is 0.333. The number of hydrogen-bond donors (Lipinski definition) is 2. The molecular weight excluding hydrogens is 294 g/mol. The van der Waals surface area contributed by atoms with Crippen molar-refractivity contribution in [3.63, 3.8) is 0 Å². The van der Waals surface area contributed by atoms with Gasteiger partial charge < -0.3 is 14.7 Å². The van der Waals surface area contributed by atoms with E-state index in [-0.39, 0.29) is 11.9 Å². The molecule has 3 amide bonds. The zero-order valence-electron chi connectivity index (χ0n) is 11.2. The predicted molar refractivity (Wildman–Crippen MR) is 74.5 cm³/mol. The molecule has 1 unspecified atom stereocenters. The van der Waals surface area contributed by atoms with Crippen LogP contribution >= 0.6 is 11.8 Å². The quantitative estimate of drug-likeness (QED) is 0.820. The average Bonchev–Trinajstić information content (AvgIpc) is 3.17. The number of hydrogen-bond acceptors (Lipinski definition) is 6. The number of carbonyl (C=O) groups excluding carboxylic acids is 2. The molecule has 1 saturated heterocycles. The molecule has 0 aliphatic carbocycles. The molecule has 3 rings (SSSR count). The molecule has 9 heteroatoms. The van der Waals surface area contributed by atoms with E-state index in [9.17, 15) is 9.59 Å². The van der Waals surface area contributed by atoms with Crippen molar-refractivity contribution < 1.29 is 14.0 Å². The molecule has 2 aromatic heterocycles. The van der Waals surface area contributed by atoms with Gasteiger partial charge in [0.1, 0.15) is 5.69 Å². The lowest BCUT2D eigenvalue weighted by atomic mass is 10.4. The van der Waals surface area contributed by atoms with Crippen LogP contribution < -0.4 is 5.32 Å². The molecule has 0 aromatic carbocycles. The van der Waals surface area contributed by atoms with Crippen molar-refractivity contribution in [2.45, 2.75) is 17.4 Å². The third-order valence-corrected chi connectivity index (χ3v) is 3.90. The Morgan fingerprint density at radius 1 is 1.52 bits per heavy atom. The van der Waals surface area contributed by atoms with Gasteiger partial charge in [-0.05, 0) is 19.1 Å². The van der Waals surface area contributed by atoms with Crippen molar-refractivity contribution in [1.82, 2.24) is 25.4 Å². The van der Waals surface area contributed by atoms with Crippen LogP contribution in [0.25, 0.3) is 11.6 Å². The molecule has 2 aromatic rings. The summed E-state index contributed by atoms with van der Waals surface area (Å²) >= 11 is 1.13. The summed E-state index contributed by atoms with van der Waals surface area (Å²) in [4.78, 5) is 27.8. The van der Waals surface area contributed by atoms with Crippen LogP contribution in [-0.4, -0.2) is 50.4 Å². The zero-order valence-corrected chi connectivity index (χ0v) is 12.0. The average molecular weight is 307 g/mol. The molecule has 0 spiro atoms. The van der Waals surface area contributed by atoms with E-state index < -0.39 is 5.25 Å². The lowest BCUT2D eigenvalue weighted by Crippen LogP contribution is -2.38. The molecule has 110 valence electrons. The maximum absolute atomic E-state index is 12.1. The normalized spacial score (nSPS) is 16.0. The maximum atomic E-state index is 12.1. The molecule has 2 N–H and O–H groups in total. The molecule has 1 atom stereocenters. The molecular formula is C12H13N5O3S. The van der Waals surface area contributed by atoms with Gasteiger partial charge in [-0.3, -0.25) is 9.69 Å². The van der Waals surface area contributed by atoms with E-state index in [0.29, 0.717) is 29.9 Å². The van der Waals surface area contributed by atoms with Crippen molar-refractivity contribution in [2.24, 2.45) is 0 Å². The molecule has 1 aliphatic heterocycles. The SMILES string of the molecule is CC(Sc1nnc(-c2ccc[nH]2)o1)C(=O)N1CCNC1=O. The Labute approximate surface area is 124 Å². The standard InChI is InChI=1S/C12H13N5O3S/c1-7(10(18)17-6-5-14-11(17)19)21-12-16-15-9(20-12)8-3-2-4-13-8/h2-4,7,13H,5-6H2,1H3,(H,14,19). The van der Waals surface area contributed by atoms with Gasteiger partial charge in [-0.2, -0.15) is 0 Å². The van der Waals surface area contributed by atoms with Gasteiger partial charge in [-0.1, -0.05) is 11.8 Å². The highest BCUT2D eigenvalue weighted by atomic mass is 32.2. The first kappa shape index (κ1) is 13.7. The van der Waals surface area contributed by atoms with E-state index in [4.69, 9.17) is 4.42 Å². The van der Waals surface area contributed by atoms with Gasteiger partial charge >= 0.3 is 6.03 Å². The predicted octanol–water partition coefficient (Wildman–Crippen LogP) is 1.10. The minimum atomic E-state index is -0.481. The second kappa shape index (κ2) is 5.60. The van der Waals surface area contributed by atoms with E-state index in [2.05, 4.69) is 20.5 Å². The van der Waals surface area contributed by atoms with Crippen LogP contribution in [-0.2, 0) is 4.79 Å². The smallest absolute Gasteiger partial charge is 0.324 e. The van der Waals surface area contributed by atoms with Crippen molar-refractivity contribution in [3.05, 3.63) is 18.3 Å². The Balaban J connectivity index is 1.66. The highest BCUT2D eigenvalue weighted by Crippen LogP contribution is 2.26. The Morgan fingerprint density at radius 3 is 3.05 bits per heavy atom. The molecule has 0 bridgehead atoms. The van der Waals surface area contributed by atoms with Gasteiger partial charge in [0.15, 0.2) is 0 Å². The summed E-state index contributed by atoms with van der Waals surface area (Å²) < 4.78 is 5.48. The highest BCUT2D eigenvalue weighted by molar-refractivity contribution is 8.00. The molecule has 1 aliphatic rings. The summed E-state index contributed by atoms with van der Waals surface area (Å²) in [5.74, 6) is 0.0932. The number of nitrogens with zero attached hydrogens (tertiary/aromatic N) is 3. The van der Waals surface area contributed by atoms with Crippen LogP contribution in [0.3, 0.4) is 0 Å². The van der Waals surface area contributed by atoms with Crippen molar-refractivity contribution >= 4 is 23.7 Å². The maximum Gasteiger partial charge on any atom is 0.324 e. The van der Waals surface area contributed by atoms with Gasteiger partial charge in [-0.25, -0.2) is 4.79 Å². The summed E-state index contributed by atoms with van der Waals surface area (Å²) in [5, 5.41) is 10.2. The Kier molecular flexibility index (Phi) is 3.65. The number of aromatic nitrogens is 3. The summed E-state index contributed by atoms with van der Waals surface area (Å²) in [6, 6.07) is 3.28. The molecule has 0 radical (unpaired) electrons. The molecule has 3 heterocycles. The zero-order chi connectivity index (χ0) is 14.8. The number of carbonyl (C=O) groups is 2. The van der Waals surface area contributed by atoms with Gasteiger partial charge in [0.2, 0.25) is 5.91 Å². The van der Waals surface area contributed by atoms with Crippen LogP contribution in [0.4, 0.5) is 4.79 Å². The van der Waals surface area contributed by atoms with Crippen LogP contribution in [0.5, 0.6) is 0 Å². The second-order valence-corrected chi connectivity index (χ2v) is 5.73. The van der Waals surface area contributed by atoms with Crippen LogP contribution in [0.15, 0.2) is 28.0 Å². The third-order valence-electron chi connectivity index (χ3n) is 2.98. The summed E-state index contributed by atoms with van der Waals surface area (Å²) in [6.07, 6.45) is 1.75. The van der Waals surface area contributed by atoms with E-state index >= 15 is 0 Å². The van der Waals surface area contributed by atoms with Crippen LogP contribution in [0.1, 0.15) is 6.92 Å². The van der Waals surface area contributed by atoms with E-state index in [1.54, 1.807) is 13.1 Å². The first-order valence-electron chi connectivity index (χ1n) is 6.38. The van der Waals surface area contributed by atoms with E-state index in [1.165, 1.54) is 4.90 Å². The Bertz CT molecular complexity index is 654. The van der Waals surface area contributed by atoms with Gasteiger partial charge in [-0.15, -0.1) is 10.2 Å². The number of nitrogens with one attached hydrogen (secondary N) is 2. The fourth-order valence-corrected chi connectivity index (χ4v) is 2.68. The molecule has 0 saturated carbocycles. The van der Waals surface area contributed by atoms with E-state index in [0.717, 1.165) is 11.8 Å². The highest BCUT2D eigenvalue weighted by Gasteiger charge is 2.31. The number of urea groups is 1.